The molecule has 0 aliphatic carbocycles. The van der Waals surface area contributed by atoms with Crippen molar-refractivity contribution in [3.8, 4) is 0 Å². The molecule has 6 atom stereocenters. The number of thiol groups is 3. The molecule has 0 aromatic carbocycles. The fourth-order valence-electron chi connectivity index (χ4n) is 3.45. The van der Waals surface area contributed by atoms with Crippen molar-refractivity contribution in [2.24, 2.45) is 0 Å². The zero-order valence-corrected chi connectivity index (χ0v) is 21.8. The van der Waals surface area contributed by atoms with Gasteiger partial charge in [-0.2, -0.15) is 37.9 Å². The molecule has 0 amide bonds. The molecule has 33 heavy (non-hydrogen) atoms. The Hall–Kier alpha value is -1.53. The van der Waals surface area contributed by atoms with Crippen molar-refractivity contribution in [2.45, 2.75) is 93.2 Å². The van der Waals surface area contributed by atoms with Gasteiger partial charge >= 0.3 is 17.1 Å². The molecule has 1 rings (SSSR count). The van der Waals surface area contributed by atoms with Crippen molar-refractivity contribution in [3.63, 3.8) is 0 Å². The molecule has 186 valence electrons. The van der Waals surface area contributed by atoms with E-state index in [4.69, 9.17) is 0 Å². The van der Waals surface area contributed by atoms with E-state index >= 15 is 0 Å². The summed E-state index contributed by atoms with van der Waals surface area (Å²) in [5.41, 5.74) is -3.16. The highest BCUT2D eigenvalue weighted by Crippen LogP contribution is 2.16. The normalized spacial score (nSPS) is 16.9. The van der Waals surface area contributed by atoms with Gasteiger partial charge in [-0.05, 0) is 54.3 Å². The van der Waals surface area contributed by atoms with Gasteiger partial charge < -0.3 is 14.4 Å². The molecule has 0 N–H and O–H groups in total. The van der Waals surface area contributed by atoms with Crippen LogP contribution in [-0.4, -0.2) is 48.3 Å². The van der Waals surface area contributed by atoms with Gasteiger partial charge in [0.1, 0.15) is 18.9 Å². The topological polar surface area (TPSA) is 117 Å². The molecular formula is C21H33N3O6S3. The van der Waals surface area contributed by atoms with E-state index in [0.717, 1.165) is 0 Å². The van der Waals surface area contributed by atoms with Gasteiger partial charge in [0, 0.05) is 0 Å². The monoisotopic (exact) mass is 519 g/mol. The molecule has 1 aromatic rings. The second-order valence-electron chi connectivity index (χ2n) is 8.35. The van der Waals surface area contributed by atoms with E-state index < -0.39 is 35.2 Å². The summed E-state index contributed by atoms with van der Waals surface area (Å²) < 4.78 is 2.02. The minimum absolute atomic E-state index is 0.101. The Balaban J connectivity index is 3.86. The molecule has 12 heteroatoms. The van der Waals surface area contributed by atoms with Crippen molar-refractivity contribution in [2.75, 3.05) is 0 Å². The van der Waals surface area contributed by atoms with E-state index in [0.29, 0.717) is 51.8 Å². The van der Waals surface area contributed by atoms with Crippen molar-refractivity contribution in [1.29, 1.82) is 0 Å². The highest BCUT2D eigenvalue weighted by Gasteiger charge is 2.28. The van der Waals surface area contributed by atoms with Gasteiger partial charge in [0.15, 0.2) is 0 Å². The molecule has 0 saturated heterocycles. The first-order chi connectivity index (χ1) is 15.5. The lowest BCUT2D eigenvalue weighted by atomic mass is 10.1. The van der Waals surface area contributed by atoms with Crippen LogP contribution >= 0.6 is 37.9 Å². The maximum absolute atomic E-state index is 13.3. The average Bonchev–Trinajstić information content (AvgIpc) is 2.74. The Labute approximate surface area is 209 Å². The molecule has 0 aliphatic rings. The van der Waals surface area contributed by atoms with Crippen LogP contribution in [0.4, 0.5) is 0 Å². The van der Waals surface area contributed by atoms with Crippen LogP contribution in [0.2, 0.25) is 0 Å². The van der Waals surface area contributed by atoms with Crippen molar-refractivity contribution < 1.29 is 14.4 Å². The zero-order chi connectivity index (χ0) is 25.3. The lowest BCUT2D eigenvalue weighted by molar-refractivity contribution is -0.111. The molecule has 0 bridgehead atoms. The Kier molecular flexibility index (Phi) is 12.5. The minimum Gasteiger partial charge on any atom is -0.301 e. The number of hydrogen-bond acceptors (Lipinski definition) is 9. The van der Waals surface area contributed by atoms with Crippen LogP contribution in [0.3, 0.4) is 0 Å². The smallest absolute Gasteiger partial charge is 0.301 e. The molecule has 0 spiro atoms. The predicted molar refractivity (Wildman–Crippen MR) is 138 cm³/mol. The Morgan fingerprint density at radius 3 is 0.909 bits per heavy atom. The van der Waals surface area contributed by atoms with E-state index in [1.807, 2.05) is 0 Å². The van der Waals surface area contributed by atoms with E-state index in [9.17, 15) is 28.8 Å². The number of aromatic nitrogens is 3. The summed E-state index contributed by atoms with van der Waals surface area (Å²) in [5.74, 6) is 0. The van der Waals surface area contributed by atoms with Gasteiger partial charge in [-0.15, -0.1) is 0 Å². The second-order valence-corrected chi connectivity index (χ2v) is 11.0. The summed E-state index contributed by atoms with van der Waals surface area (Å²) >= 11 is 12.8. The number of hydrogen-bond donors (Lipinski definition) is 3. The fourth-order valence-corrected chi connectivity index (χ4v) is 3.90. The van der Waals surface area contributed by atoms with Crippen LogP contribution in [0, 0.1) is 0 Å². The average molecular weight is 520 g/mol. The summed E-state index contributed by atoms with van der Waals surface area (Å²) in [5, 5.41) is -0.304. The predicted octanol–water partition coefficient (Wildman–Crippen LogP) is 1.69. The van der Waals surface area contributed by atoms with Crippen LogP contribution in [0.15, 0.2) is 14.4 Å². The number of rotatable bonds is 15. The molecule has 0 aliphatic heterocycles. The molecule has 0 radical (unpaired) electrons. The SMILES string of the molecule is CC(S)CCC(C=O)n1c(=O)n(C(C=O)CCC(C)S)c(=O)n(C(C=O)CCC(C)S)c1=O. The van der Waals surface area contributed by atoms with Crippen LogP contribution < -0.4 is 17.1 Å². The first-order valence-corrected chi connectivity index (χ1v) is 12.4. The molecule has 0 fully saturated rings. The number of nitrogens with zero attached hydrogens (tertiary/aromatic N) is 3. The summed E-state index contributed by atoms with van der Waals surface area (Å²) in [6.07, 6.45) is 2.99. The molecule has 1 aromatic heterocycles. The summed E-state index contributed by atoms with van der Waals surface area (Å²) in [4.78, 5) is 75.4. The van der Waals surface area contributed by atoms with Crippen molar-refractivity contribution in [1.82, 2.24) is 13.7 Å². The Bertz CT molecular complexity index is 829. The van der Waals surface area contributed by atoms with E-state index in [1.165, 1.54) is 0 Å². The zero-order valence-electron chi connectivity index (χ0n) is 19.1. The summed E-state index contributed by atoms with van der Waals surface area (Å²) in [7, 11) is 0. The first kappa shape index (κ1) is 29.5. The van der Waals surface area contributed by atoms with Crippen LogP contribution in [0.5, 0.6) is 0 Å². The quantitative estimate of drug-likeness (QED) is 0.240. The van der Waals surface area contributed by atoms with Crippen LogP contribution in [-0.2, 0) is 14.4 Å². The highest BCUT2D eigenvalue weighted by atomic mass is 32.1. The van der Waals surface area contributed by atoms with Crippen molar-refractivity contribution >= 4 is 56.7 Å². The Morgan fingerprint density at radius 1 is 0.545 bits per heavy atom. The molecule has 6 unspecified atom stereocenters. The second kappa shape index (κ2) is 14.0. The third-order valence-electron chi connectivity index (χ3n) is 5.34. The third-order valence-corrected chi connectivity index (χ3v) is 6.12. The number of carbonyl (C=O) groups is 3. The van der Waals surface area contributed by atoms with Gasteiger partial charge in [0.05, 0.1) is 18.1 Å². The molecule has 1 heterocycles. The maximum Gasteiger partial charge on any atom is 0.337 e. The molecule has 0 saturated carbocycles. The van der Waals surface area contributed by atoms with E-state index in [2.05, 4.69) is 37.9 Å². The minimum atomic E-state index is -1.18. The maximum atomic E-state index is 13.3. The Morgan fingerprint density at radius 2 is 0.758 bits per heavy atom. The lowest BCUT2D eigenvalue weighted by Gasteiger charge is -2.23. The number of aldehydes is 3. The number of carbonyl (C=O) groups excluding carboxylic acids is 3. The summed E-state index contributed by atoms with van der Waals surface area (Å²) in [6.45, 7) is 5.40. The molecule has 9 nitrogen and oxygen atoms in total. The van der Waals surface area contributed by atoms with Gasteiger partial charge in [-0.25, -0.2) is 28.1 Å². The van der Waals surface area contributed by atoms with Gasteiger partial charge in [0.25, 0.3) is 0 Å². The van der Waals surface area contributed by atoms with Crippen LogP contribution in [0.1, 0.15) is 77.4 Å². The van der Waals surface area contributed by atoms with Crippen LogP contribution in [0.25, 0.3) is 0 Å². The van der Waals surface area contributed by atoms with E-state index in [1.54, 1.807) is 20.8 Å². The lowest BCUT2D eigenvalue weighted by Crippen LogP contribution is -2.58. The third kappa shape index (κ3) is 8.03. The summed E-state index contributed by atoms with van der Waals surface area (Å²) in [6, 6.07) is -3.53. The fraction of sp³-hybridized carbons (Fsp3) is 0.714. The largest absolute Gasteiger partial charge is 0.337 e. The van der Waals surface area contributed by atoms with Gasteiger partial charge in [-0.1, -0.05) is 20.8 Å². The highest BCUT2D eigenvalue weighted by molar-refractivity contribution is 7.81. The molecular weight excluding hydrogens is 486 g/mol. The van der Waals surface area contributed by atoms with Gasteiger partial charge in [0.2, 0.25) is 0 Å². The van der Waals surface area contributed by atoms with Gasteiger partial charge in [-0.3, -0.25) is 0 Å². The standard InChI is InChI=1S/C21H33N3O6S3/c1-13(31)4-7-16(10-25)22-19(28)23(17(11-26)8-5-14(2)32)21(30)24(20(22)29)18(12-27)9-6-15(3)33/h10-18,31-33H,4-9H2,1-3H3. The van der Waals surface area contributed by atoms with E-state index in [-0.39, 0.29) is 35.0 Å². The first-order valence-electron chi connectivity index (χ1n) is 10.9. The van der Waals surface area contributed by atoms with Crippen molar-refractivity contribution in [3.05, 3.63) is 31.5 Å².